The Morgan fingerprint density at radius 3 is 2.70 bits per heavy atom. The summed E-state index contributed by atoms with van der Waals surface area (Å²) in [5.41, 5.74) is -0.446. The summed E-state index contributed by atoms with van der Waals surface area (Å²) in [7, 11) is 0. The number of rotatable bonds is 4. The van der Waals surface area contributed by atoms with Crippen LogP contribution in [0.2, 0.25) is 0 Å². The third-order valence-electron chi connectivity index (χ3n) is 3.56. The molecule has 20 heavy (non-hydrogen) atoms. The Kier molecular flexibility index (Phi) is 4.04. The molecule has 2 atom stereocenters. The van der Waals surface area contributed by atoms with Crippen LogP contribution in [0, 0.1) is 11.2 Å². The molecule has 0 saturated carbocycles. The average molecular weight is 281 g/mol. The molecule has 1 aliphatic heterocycles. The van der Waals surface area contributed by atoms with Gasteiger partial charge in [0.05, 0.1) is 25.7 Å². The summed E-state index contributed by atoms with van der Waals surface area (Å²) >= 11 is 0. The van der Waals surface area contributed by atoms with Crippen LogP contribution in [-0.2, 0) is 20.7 Å². The van der Waals surface area contributed by atoms with Gasteiger partial charge in [0.1, 0.15) is 11.2 Å². The highest BCUT2D eigenvalue weighted by Gasteiger charge is 2.47. The van der Waals surface area contributed by atoms with Gasteiger partial charge < -0.3 is 15.2 Å². The second-order valence-corrected chi connectivity index (χ2v) is 5.16. The number of ether oxygens (including phenoxy) is 1. The smallest absolute Gasteiger partial charge is 0.313 e. The Morgan fingerprint density at radius 2 is 2.10 bits per heavy atom. The zero-order chi connectivity index (χ0) is 14.8. The van der Waals surface area contributed by atoms with E-state index in [1.54, 1.807) is 6.92 Å². The number of nitrogens with one attached hydrogen (secondary N) is 1. The van der Waals surface area contributed by atoms with Crippen molar-refractivity contribution in [2.75, 3.05) is 13.2 Å². The van der Waals surface area contributed by atoms with Gasteiger partial charge in [-0.25, -0.2) is 4.39 Å². The molecule has 0 aliphatic carbocycles. The molecule has 1 aromatic rings. The van der Waals surface area contributed by atoms with Gasteiger partial charge in [-0.2, -0.15) is 0 Å². The molecule has 1 fully saturated rings. The summed E-state index contributed by atoms with van der Waals surface area (Å²) in [6.07, 6.45) is 0.0759. The number of carboxylic acid groups (broad SMARTS) is 1. The normalized spacial score (nSPS) is 25.4. The molecular weight excluding hydrogens is 265 g/mol. The number of carboxylic acids is 1. The van der Waals surface area contributed by atoms with E-state index in [1.807, 2.05) is 0 Å². The molecule has 0 bridgehead atoms. The minimum absolute atomic E-state index is 0.0732. The van der Waals surface area contributed by atoms with Crippen molar-refractivity contribution in [2.24, 2.45) is 5.41 Å². The molecule has 0 aromatic heterocycles. The van der Waals surface area contributed by atoms with E-state index in [0.717, 1.165) is 0 Å². The molecule has 2 unspecified atom stereocenters. The van der Waals surface area contributed by atoms with E-state index >= 15 is 0 Å². The molecule has 2 N–H and O–H groups in total. The largest absolute Gasteiger partial charge is 0.481 e. The van der Waals surface area contributed by atoms with E-state index < -0.39 is 17.4 Å². The van der Waals surface area contributed by atoms with Crippen LogP contribution in [-0.4, -0.2) is 36.2 Å². The molecule has 1 heterocycles. The first kappa shape index (κ1) is 14.5. The predicted molar refractivity (Wildman–Crippen MR) is 68.6 cm³/mol. The number of hydrogen-bond acceptors (Lipinski definition) is 3. The predicted octanol–water partition coefficient (Wildman–Crippen LogP) is 0.974. The summed E-state index contributed by atoms with van der Waals surface area (Å²) in [6.45, 7) is 1.80. The van der Waals surface area contributed by atoms with Crippen LogP contribution in [0.5, 0.6) is 0 Å². The number of halogens is 1. The molecule has 5 nitrogen and oxygen atoms in total. The molecule has 1 saturated heterocycles. The fourth-order valence-corrected chi connectivity index (χ4v) is 2.12. The van der Waals surface area contributed by atoms with E-state index in [4.69, 9.17) is 4.74 Å². The van der Waals surface area contributed by atoms with Crippen LogP contribution in [0.3, 0.4) is 0 Å². The first-order valence-corrected chi connectivity index (χ1v) is 6.27. The Bertz CT molecular complexity index is 516. The lowest BCUT2D eigenvalue weighted by Gasteiger charge is -2.25. The molecule has 0 radical (unpaired) electrons. The second kappa shape index (κ2) is 5.58. The van der Waals surface area contributed by atoms with Crippen LogP contribution in [0.1, 0.15) is 12.5 Å². The third-order valence-corrected chi connectivity index (χ3v) is 3.56. The lowest BCUT2D eigenvalue weighted by atomic mass is 9.85. The average Bonchev–Trinajstić information content (AvgIpc) is 2.75. The van der Waals surface area contributed by atoms with Gasteiger partial charge in [0, 0.05) is 0 Å². The standard InChI is InChI=1S/C14H16FNO4/c1-14(13(18)19)8-20-7-11(14)16-12(17)6-9-2-4-10(15)5-3-9/h2-5,11H,6-8H2,1H3,(H,16,17)(H,18,19). The maximum absolute atomic E-state index is 12.8. The van der Waals surface area contributed by atoms with Gasteiger partial charge in [0.2, 0.25) is 5.91 Å². The van der Waals surface area contributed by atoms with Crippen molar-refractivity contribution in [3.05, 3.63) is 35.6 Å². The third kappa shape index (κ3) is 2.96. The Morgan fingerprint density at radius 1 is 1.45 bits per heavy atom. The molecular formula is C14H16FNO4. The SMILES string of the molecule is CC1(C(=O)O)COCC1NC(=O)Cc1ccc(F)cc1. The van der Waals surface area contributed by atoms with Gasteiger partial charge in [0.25, 0.3) is 0 Å². The monoisotopic (exact) mass is 281 g/mol. The molecule has 1 amide bonds. The zero-order valence-electron chi connectivity index (χ0n) is 11.1. The van der Waals surface area contributed by atoms with Crippen LogP contribution in [0.25, 0.3) is 0 Å². The Hall–Kier alpha value is -1.95. The summed E-state index contributed by atoms with van der Waals surface area (Å²) in [5, 5.41) is 11.9. The molecule has 1 aromatic carbocycles. The van der Waals surface area contributed by atoms with Crippen molar-refractivity contribution in [2.45, 2.75) is 19.4 Å². The maximum atomic E-state index is 12.8. The lowest BCUT2D eigenvalue weighted by molar-refractivity contribution is -0.149. The van der Waals surface area contributed by atoms with Crippen LogP contribution >= 0.6 is 0 Å². The first-order valence-electron chi connectivity index (χ1n) is 6.27. The number of aliphatic carboxylic acids is 1. The van der Waals surface area contributed by atoms with E-state index in [2.05, 4.69) is 5.32 Å². The highest BCUT2D eigenvalue weighted by Crippen LogP contribution is 2.28. The molecule has 6 heteroatoms. The Balaban J connectivity index is 1.98. The molecule has 108 valence electrons. The highest BCUT2D eigenvalue weighted by molar-refractivity contribution is 5.81. The first-order chi connectivity index (χ1) is 9.41. The van der Waals surface area contributed by atoms with Gasteiger partial charge in [0.15, 0.2) is 0 Å². The van der Waals surface area contributed by atoms with Gasteiger partial charge in [-0.15, -0.1) is 0 Å². The molecule has 1 aliphatic rings. The topological polar surface area (TPSA) is 75.6 Å². The number of amides is 1. The van der Waals surface area contributed by atoms with E-state index in [1.165, 1.54) is 24.3 Å². The van der Waals surface area contributed by atoms with Gasteiger partial charge in [-0.3, -0.25) is 9.59 Å². The van der Waals surface area contributed by atoms with E-state index in [-0.39, 0.29) is 31.4 Å². The minimum atomic E-state index is -1.11. The van der Waals surface area contributed by atoms with E-state index in [9.17, 15) is 19.1 Å². The molecule has 2 rings (SSSR count). The lowest BCUT2D eigenvalue weighted by Crippen LogP contribution is -2.50. The maximum Gasteiger partial charge on any atom is 0.313 e. The summed E-state index contributed by atoms with van der Waals surface area (Å²) in [5.74, 6) is -1.67. The fourth-order valence-electron chi connectivity index (χ4n) is 2.12. The van der Waals surface area contributed by atoms with Crippen molar-refractivity contribution in [1.29, 1.82) is 0 Å². The Labute approximate surface area is 115 Å². The number of carbonyl (C=O) groups excluding carboxylic acids is 1. The van der Waals surface area contributed by atoms with Crippen molar-refractivity contribution in [1.82, 2.24) is 5.32 Å². The van der Waals surface area contributed by atoms with E-state index in [0.29, 0.717) is 5.56 Å². The van der Waals surface area contributed by atoms with Crippen molar-refractivity contribution in [3.63, 3.8) is 0 Å². The number of benzene rings is 1. The van der Waals surface area contributed by atoms with Gasteiger partial charge in [-0.05, 0) is 24.6 Å². The van der Waals surface area contributed by atoms with Crippen LogP contribution in [0.4, 0.5) is 4.39 Å². The second-order valence-electron chi connectivity index (χ2n) is 5.16. The summed E-state index contributed by atoms with van der Waals surface area (Å²) < 4.78 is 17.9. The number of hydrogen-bond donors (Lipinski definition) is 2. The number of carbonyl (C=O) groups is 2. The fraction of sp³-hybridized carbons (Fsp3) is 0.429. The summed E-state index contributed by atoms with van der Waals surface area (Å²) in [4.78, 5) is 23.1. The quantitative estimate of drug-likeness (QED) is 0.862. The van der Waals surface area contributed by atoms with Crippen molar-refractivity contribution in [3.8, 4) is 0 Å². The minimum Gasteiger partial charge on any atom is -0.481 e. The summed E-state index contributed by atoms with van der Waals surface area (Å²) in [6, 6.07) is 5.05. The van der Waals surface area contributed by atoms with Crippen molar-refractivity contribution < 1.29 is 23.8 Å². The van der Waals surface area contributed by atoms with Crippen molar-refractivity contribution >= 4 is 11.9 Å². The van der Waals surface area contributed by atoms with Gasteiger partial charge >= 0.3 is 5.97 Å². The van der Waals surface area contributed by atoms with Crippen LogP contribution in [0.15, 0.2) is 24.3 Å². The zero-order valence-corrected chi connectivity index (χ0v) is 11.1. The highest BCUT2D eigenvalue weighted by atomic mass is 19.1. The van der Waals surface area contributed by atoms with Gasteiger partial charge in [-0.1, -0.05) is 12.1 Å². The van der Waals surface area contributed by atoms with Crippen LogP contribution < -0.4 is 5.32 Å². The molecule has 0 spiro atoms.